The molecule has 0 saturated carbocycles. The van der Waals surface area contributed by atoms with E-state index in [1.54, 1.807) is 13.0 Å². The van der Waals surface area contributed by atoms with Gasteiger partial charge in [0.15, 0.2) is 5.78 Å². The Labute approximate surface area is 129 Å². The highest BCUT2D eigenvalue weighted by Gasteiger charge is 2.55. The van der Waals surface area contributed by atoms with Gasteiger partial charge in [-0.3, -0.25) is 14.4 Å². The molecule has 1 saturated heterocycles. The van der Waals surface area contributed by atoms with Crippen LogP contribution in [0.25, 0.3) is 0 Å². The second kappa shape index (κ2) is 5.07. The number of allylic oxidation sites excluding steroid dienone is 1. The summed E-state index contributed by atoms with van der Waals surface area (Å²) in [6.07, 6.45) is 1.24. The van der Waals surface area contributed by atoms with Crippen LogP contribution in [0.3, 0.4) is 0 Å². The summed E-state index contributed by atoms with van der Waals surface area (Å²) in [5, 5.41) is 0. The number of hydrogen-bond acceptors (Lipinski definition) is 5. The van der Waals surface area contributed by atoms with E-state index in [1.165, 1.54) is 6.92 Å². The minimum Gasteiger partial charge on any atom is -0.462 e. The average molecular weight is 304 g/mol. The normalized spacial score (nSPS) is 37.3. The molecule has 0 amide bonds. The molecule has 0 radical (unpaired) electrons. The molecule has 3 rings (SSSR count). The first-order valence-corrected chi connectivity index (χ1v) is 7.61. The number of hydrogen-bond donors (Lipinski definition) is 0. The van der Waals surface area contributed by atoms with Crippen LogP contribution >= 0.6 is 0 Å². The molecule has 2 aliphatic carbocycles. The Morgan fingerprint density at radius 1 is 1.32 bits per heavy atom. The number of carbonyl (C=O) groups excluding carboxylic acids is 3. The molecule has 1 heterocycles. The number of carbonyl (C=O) groups is 3. The van der Waals surface area contributed by atoms with Gasteiger partial charge in [0.2, 0.25) is 0 Å². The van der Waals surface area contributed by atoms with E-state index in [1.807, 2.05) is 13.8 Å². The maximum atomic E-state index is 12.3. The van der Waals surface area contributed by atoms with Crippen molar-refractivity contribution in [3.8, 4) is 0 Å². The number of ether oxygens (including phenoxy) is 2. The van der Waals surface area contributed by atoms with Crippen LogP contribution in [0.1, 0.15) is 34.1 Å². The maximum absolute atomic E-state index is 12.3. The van der Waals surface area contributed by atoms with Crippen LogP contribution < -0.4 is 0 Å². The summed E-state index contributed by atoms with van der Waals surface area (Å²) >= 11 is 0. The summed E-state index contributed by atoms with van der Waals surface area (Å²) in [6.45, 7) is 6.96. The van der Waals surface area contributed by atoms with Crippen LogP contribution in [0.4, 0.5) is 0 Å². The minimum atomic E-state index is -0.429. The Kier molecular flexibility index (Phi) is 3.46. The fraction of sp³-hybridized carbons (Fsp3) is 0.588. The van der Waals surface area contributed by atoms with Gasteiger partial charge >= 0.3 is 11.9 Å². The van der Waals surface area contributed by atoms with E-state index in [-0.39, 0.29) is 35.5 Å². The van der Waals surface area contributed by atoms with Gasteiger partial charge < -0.3 is 9.47 Å². The molecule has 118 valence electrons. The smallest absolute Gasteiger partial charge is 0.309 e. The molecule has 3 aliphatic rings. The summed E-state index contributed by atoms with van der Waals surface area (Å²) in [6, 6.07) is 0. The highest BCUT2D eigenvalue weighted by molar-refractivity contribution is 6.09. The quantitative estimate of drug-likeness (QED) is 0.693. The predicted molar refractivity (Wildman–Crippen MR) is 77.7 cm³/mol. The lowest BCUT2D eigenvalue weighted by Crippen LogP contribution is -2.37. The summed E-state index contributed by atoms with van der Waals surface area (Å²) < 4.78 is 11.1. The lowest BCUT2D eigenvalue weighted by atomic mass is 9.79. The highest BCUT2D eigenvalue weighted by Crippen LogP contribution is 2.48. The summed E-state index contributed by atoms with van der Waals surface area (Å²) in [5.41, 5.74) is 2.55. The van der Waals surface area contributed by atoms with Crippen LogP contribution in [0, 0.1) is 17.8 Å². The summed E-state index contributed by atoms with van der Waals surface area (Å²) in [7, 11) is 0. The van der Waals surface area contributed by atoms with Crippen molar-refractivity contribution in [2.24, 2.45) is 17.8 Å². The second-order valence-corrected chi connectivity index (χ2v) is 6.54. The van der Waals surface area contributed by atoms with Crippen molar-refractivity contribution in [2.75, 3.05) is 0 Å². The first kappa shape index (κ1) is 15.0. The molecule has 1 fully saturated rings. The van der Waals surface area contributed by atoms with E-state index in [4.69, 9.17) is 9.47 Å². The number of rotatable bonds is 1. The molecule has 1 aliphatic heterocycles. The van der Waals surface area contributed by atoms with E-state index in [0.717, 1.165) is 11.1 Å². The van der Waals surface area contributed by atoms with Crippen molar-refractivity contribution < 1.29 is 23.9 Å². The molecule has 0 N–H and O–H groups in total. The molecule has 22 heavy (non-hydrogen) atoms. The van der Waals surface area contributed by atoms with E-state index in [2.05, 4.69) is 0 Å². The van der Waals surface area contributed by atoms with Crippen molar-refractivity contribution in [2.45, 2.75) is 46.3 Å². The zero-order valence-electron chi connectivity index (χ0n) is 13.2. The Balaban J connectivity index is 2.08. The van der Waals surface area contributed by atoms with Gasteiger partial charge in [-0.1, -0.05) is 18.1 Å². The van der Waals surface area contributed by atoms with E-state index in [9.17, 15) is 14.4 Å². The zero-order chi connectivity index (χ0) is 16.2. The van der Waals surface area contributed by atoms with Crippen LogP contribution in [0.5, 0.6) is 0 Å². The molecule has 0 unspecified atom stereocenters. The number of fused-ring (bicyclic) bond motifs is 3. The zero-order valence-corrected chi connectivity index (χ0v) is 13.2. The monoisotopic (exact) mass is 304 g/mol. The highest BCUT2D eigenvalue weighted by atomic mass is 16.6. The molecule has 5 nitrogen and oxygen atoms in total. The molecule has 5 atom stereocenters. The minimum absolute atomic E-state index is 0.0159. The third kappa shape index (κ3) is 2.11. The SMILES string of the molecule is CC(=O)O[C@H]1CC(C)=C2C(=O)C=C(C)[C@H]2[C@H]2OC(=O)[C@@H](C)[C@H]21. The van der Waals surface area contributed by atoms with E-state index in [0.29, 0.717) is 12.0 Å². The van der Waals surface area contributed by atoms with E-state index < -0.39 is 12.2 Å². The number of ketones is 1. The van der Waals surface area contributed by atoms with Crippen molar-refractivity contribution >= 4 is 17.7 Å². The van der Waals surface area contributed by atoms with Gasteiger partial charge in [-0.05, 0) is 19.9 Å². The largest absolute Gasteiger partial charge is 0.462 e. The van der Waals surface area contributed by atoms with Gasteiger partial charge in [-0.25, -0.2) is 0 Å². The second-order valence-electron chi connectivity index (χ2n) is 6.54. The third-order valence-corrected chi connectivity index (χ3v) is 5.05. The Bertz CT molecular complexity index is 627. The Hall–Kier alpha value is -1.91. The summed E-state index contributed by atoms with van der Waals surface area (Å²) in [5.74, 6) is -1.44. The topological polar surface area (TPSA) is 69.7 Å². The molecule has 0 bridgehead atoms. The average Bonchev–Trinajstić information content (AvgIpc) is 2.81. The van der Waals surface area contributed by atoms with Crippen molar-refractivity contribution in [3.63, 3.8) is 0 Å². The van der Waals surface area contributed by atoms with Crippen molar-refractivity contribution in [1.82, 2.24) is 0 Å². The van der Waals surface area contributed by atoms with Gasteiger partial charge in [0.05, 0.1) is 5.92 Å². The molecular weight excluding hydrogens is 284 g/mol. The van der Waals surface area contributed by atoms with Gasteiger partial charge in [-0.15, -0.1) is 0 Å². The van der Waals surface area contributed by atoms with Crippen LogP contribution in [0.2, 0.25) is 0 Å². The Morgan fingerprint density at radius 2 is 2.00 bits per heavy atom. The lowest BCUT2D eigenvalue weighted by molar-refractivity contribution is -0.150. The first-order valence-electron chi connectivity index (χ1n) is 7.61. The molecule has 0 aromatic carbocycles. The van der Waals surface area contributed by atoms with Gasteiger partial charge in [0, 0.05) is 30.8 Å². The Morgan fingerprint density at radius 3 is 2.64 bits per heavy atom. The van der Waals surface area contributed by atoms with Gasteiger partial charge in [0.1, 0.15) is 12.2 Å². The van der Waals surface area contributed by atoms with Crippen LogP contribution in [0.15, 0.2) is 22.8 Å². The molecule has 0 aromatic rings. The fourth-order valence-electron chi connectivity index (χ4n) is 4.12. The maximum Gasteiger partial charge on any atom is 0.309 e. The van der Waals surface area contributed by atoms with Gasteiger partial charge in [0.25, 0.3) is 0 Å². The van der Waals surface area contributed by atoms with Crippen molar-refractivity contribution in [3.05, 3.63) is 22.8 Å². The fourth-order valence-corrected chi connectivity index (χ4v) is 4.12. The third-order valence-electron chi connectivity index (χ3n) is 5.05. The molecule has 0 spiro atoms. The van der Waals surface area contributed by atoms with Crippen LogP contribution in [-0.4, -0.2) is 29.9 Å². The first-order chi connectivity index (χ1) is 10.3. The lowest BCUT2D eigenvalue weighted by Gasteiger charge is -2.29. The predicted octanol–water partition coefficient (Wildman–Crippen LogP) is 1.96. The molecule has 5 heteroatoms. The standard InChI is InChI=1S/C17H20O5/c1-7-5-11(19)13-8(2)6-12(21-10(4)18)15-9(3)17(20)22-16(15)14(7)13/h5,9,12,14-16H,6H2,1-4H3/t9-,12-,14+,15-,16+/m0/s1. The molecular formula is C17H20O5. The van der Waals surface area contributed by atoms with Gasteiger partial charge in [-0.2, -0.15) is 0 Å². The van der Waals surface area contributed by atoms with E-state index >= 15 is 0 Å². The van der Waals surface area contributed by atoms with Crippen molar-refractivity contribution in [1.29, 1.82) is 0 Å². The number of esters is 2. The molecule has 0 aromatic heterocycles. The van der Waals surface area contributed by atoms with Crippen LogP contribution in [-0.2, 0) is 23.9 Å². The summed E-state index contributed by atoms with van der Waals surface area (Å²) in [4.78, 5) is 35.8.